The van der Waals surface area contributed by atoms with Gasteiger partial charge < -0.3 is 14.4 Å². The molecule has 0 N–H and O–H groups in total. The Kier molecular flexibility index (Phi) is 8.95. The smallest absolute Gasteiger partial charge is 0.316 e. The number of esters is 1. The molecule has 0 radical (unpaired) electrons. The second-order valence-electron chi connectivity index (χ2n) is 8.80. The van der Waals surface area contributed by atoms with E-state index in [9.17, 15) is 9.59 Å². The lowest BCUT2D eigenvalue weighted by Gasteiger charge is -2.39. The summed E-state index contributed by atoms with van der Waals surface area (Å²) in [4.78, 5) is 27.6. The highest BCUT2D eigenvalue weighted by Gasteiger charge is 2.44. The van der Waals surface area contributed by atoms with Gasteiger partial charge >= 0.3 is 5.97 Å². The predicted octanol–water partition coefficient (Wildman–Crippen LogP) is 7.08. The summed E-state index contributed by atoms with van der Waals surface area (Å²) in [5, 5.41) is 1.16. The van der Waals surface area contributed by atoms with Crippen molar-refractivity contribution >= 4 is 57.1 Å². The van der Waals surface area contributed by atoms with Crippen LogP contribution in [0.15, 0.2) is 77.3 Å². The van der Waals surface area contributed by atoms with Crippen LogP contribution in [0.25, 0.3) is 6.08 Å². The summed E-state index contributed by atoms with van der Waals surface area (Å²) < 4.78 is 12.1. The summed E-state index contributed by atoms with van der Waals surface area (Å²) in [6, 6.07) is 20.4. The second-order valence-corrected chi connectivity index (χ2v) is 10.6. The minimum Gasteiger partial charge on any atom is -0.488 e. The monoisotopic (exact) mass is 601 g/mol. The van der Waals surface area contributed by atoms with Gasteiger partial charge in [0.2, 0.25) is 5.91 Å². The number of piperidine rings is 1. The van der Waals surface area contributed by atoms with Crippen molar-refractivity contribution in [1.82, 2.24) is 4.90 Å². The molecule has 3 aromatic carbocycles. The number of methoxy groups -OCH3 is 1. The first-order chi connectivity index (χ1) is 17.8. The van der Waals surface area contributed by atoms with Gasteiger partial charge in [-0.2, -0.15) is 0 Å². The van der Waals surface area contributed by atoms with Crippen molar-refractivity contribution in [1.29, 1.82) is 0 Å². The van der Waals surface area contributed by atoms with Gasteiger partial charge in [-0.3, -0.25) is 9.59 Å². The summed E-state index contributed by atoms with van der Waals surface area (Å²) in [7, 11) is 1.40. The number of rotatable bonds is 7. The molecule has 0 aromatic heterocycles. The van der Waals surface area contributed by atoms with Crippen LogP contribution < -0.4 is 4.74 Å². The fourth-order valence-corrected chi connectivity index (χ4v) is 5.14. The van der Waals surface area contributed by atoms with Crippen LogP contribution in [0.1, 0.15) is 29.5 Å². The molecule has 1 aliphatic heterocycles. The third-order valence-corrected chi connectivity index (χ3v) is 7.75. The molecule has 1 aliphatic rings. The van der Waals surface area contributed by atoms with Crippen LogP contribution in [0, 0.1) is 0 Å². The SMILES string of the molecule is COC(=O)C1(c2ccc(Br)cc2)CCN(C(=O)/C=C/c2cc(Cl)ccc2OCc2ccccc2Cl)CC1. The third kappa shape index (κ3) is 6.38. The average molecular weight is 603 g/mol. The Hall–Kier alpha value is -2.80. The second kappa shape index (κ2) is 12.2. The van der Waals surface area contributed by atoms with E-state index in [1.54, 1.807) is 29.2 Å². The summed E-state index contributed by atoms with van der Waals surface area (Å²) in [6.45, 7) is 1.15. The number of carbonyl (C=O) groups is 2. The Bertz CT molecular complexity index is 1300. The van der Waals surface area contributed by atoms with Gasteiger partial charge in [0.1, 0.15) is 12.4 Å². The van der Waals surface area contributed by atoms with Crippen molar-refractivity contribution in [2.24, 2.45) is 0 Å². The fraction of sp³-hybridized carbons (Fsp3) is 0.241. The van der Waals surface area contributed by atoms with Gasteiger partial charge in [-0.15, -0.1) is 0 Å². The molecular formula is C29H26BrCl2NO4. The van der Waals surface area contributed by atoms with Crippen LogP contribution in [-0.2, 0) is 26.3 Å². The lowest BCUT2D eigenvalue weighted by Crippen LogP contribution is -2.49. The van der Waals surface area contributed by atoms with Crippen molar-refractivity contribution in [3.05, 3.63) is 104 Å². The third-order valence-electron chi connectivity index (χ3n) is 6.62. The minimum absolute atomic E-state index is 0.147. The first-order valence-electron chi connectivity index (χ1n) is 11.8. The molecule has 3 aromatic rings. The van der Waals surface area contributed by atoms with Crippen molar-refractivity contribution in [2.45, 2.75) is 24.9 Å². The van der Waals surface area contributed by atoms with Crippen LogP contribution in [0.2, 0.25) is 10.0 Å². The number of halogens is 3. The number of hydrogen-bond acceptors (Lipinski definition) is 4. The highest BCUT2D eigenvalue weighted by atomic mass is 79.9. The van der Waals surface area contributed by atoms with Crippen molar-refractivity contribution in [2.75, 3.05) is 20.2 Å². The molecular weight excluding hydrogens is 577 g/mol. The quantitative estimate of drug-likeness (QED) is 0.214. The van der Waals surface area contributed by atoms with Gasteiger partial charge in [0, 0.05) is 44.8 Å². The first kappa shape index (κ1) is 27.2. The van der Waals surface area contributed by atoms with Crippen LogP contribution in [0.5, 0.6) is 5.75 Å². The lowest BCUT2D eigenvalue weighted by atomic mass is 9.72. The summed E-state index contributed by atoms with van der Waals surface area (Å²) in [5.74, 6) is 0.162. The van der Waals surface area contributed by atoms with Gasteiger partial charge in [0.25, 0.3) is 0 Å². The molecule has 4 rings (SSSR count). The molecule has 0 saturated carbocycles. The standard InChI is InChI=1S/C29H26BrCl2NO4/c1-36-28(35)29(22-7-9-23(30)10-8-22)14-16-33(17-15-29)27(34)13-6-20-18-24(31)11-12-26(20)37-19-21-4-2-3-5-25(21)32/h2-13,18H,14-17,19H2,1H3/b13-6+. The van der Waals surface area contributed by atoms with E-state index in [0.717, 1.165) is 15.6 Å². The topological polar surface area (TPSA) is 55.8 Å². The Morgan fingerprint density at radius 3 is 2.41 bits per heavy atom. The number of amides is 1. The zero-order chi connectivity index (χ0) is 26.4. The van der Waals surface area contributed by atoms with E-state index < -0.39 is 5.41 Å². The fourth-order valence-electron chi connectivity index (χ4n) is 4.50. The molecule has 0 atom stereocenters. The van der Waals surface area contributed by atoms with Crippen LogP contribution >= 0.6 is 39.1 Å². The zero-order valence-corrected chi connectivity index (χ0v) is 23.4. The molecule has 192 valence electrons. The maximum Gasteiger partial charge on any atom is 0.316 e. The minimum atomic E-state index is -0.775. The van der Waals surface area contributed by atoms with Crippen LogP contribution in [0.3, 0.4) is 0 Å². The Morgan fingerprint density at radius 2 is 1.73 bits per heavy atom. The number of nitrogens with zero attached hydrogens (tertiary/aromatic N) is 1. The Morgan fingerprint density at radius 1 is 1.03 bits per heavy atom. The number of likely N-dealkylation sites (tertiary alicyclic amines) is 1. The number of carbonyl (C=O) groups excluding carboxylic acids is 2. The summed E-state index contributed by atoms with van der Waals surface area (Å²) in [6.07, 6.45) is 4.17. The molecule has 1 fully saturated rings. The Balaban J connectivity index is 1.45. The highest BCUT2D eigenvalue weighted by Crippen LogP contribution is 2.37. The van der Waals surface area contributed by atoms with E-state index in [1.165, 1.54) is 13.2 Å². The first-order valence-corrected chi connectivity index (χ1v) is 13.3. The number of ether oxygens (including phenoxy) is 2. The summed E-state index contributed by atoms with van der Waals surface area (Å²) >= 11 is 15.9. The van der Waals surface area contributed by atoms with E-state index in [2.05, 4.69) is 15.9 Å². The molecule has 0 unspecified atom stereocenters. The predicted molar refractivity (Wildman–Crippen MR) is 150 cm³/mol. The summed E-state index contributed by atoms with van der Waals surface area (Å²) in [5.41, 5.74) is 1.66. The van der Waals surface area contributed by atoms with Gasteiger partial charge in [-0.25, -0.2) is 0 Å². The number of hydrogen-bond donors (Lipinski definition) is 0. The molecule has 8 heteroatoms. The molecule has 1 amide bonds. The van der Waals surface area contributed by atoms with Gasteiger partial charge in [-0.1, -0.05) is 69.5 Å². The van der Waals surface area contributed by atoms with Crippen molar-refractivity contribution < 1.29 is 19.1 Å². The Labute approximate surface area is 235 Å². The van der Waals surface area contributed by atoms with Crippen molar-refractivity contribution in [3.8, 4) is 5.75 Å². The van der Waals surface area contributed by atoms with Gasteiger partial charge in [0.05, 0.1) is 12.5 Å². The normalized spacial score (nSPS) is 15.0. The molecule has 0 aliphatic carbocycles. The molecule has 1 heterocycles. The zero-order valence-electron chi connectivity index (χ0n) is 20.3. The molecule has 0 bridgehead atoms. The van der Waals surface area contributed by atoms with Gasteiger partial charge in [0.15, 0.2) is 0 Å². The largest absolute Gasteiger partial charge is 0.488 e. The maximum absolute atomic E-state index is 13.0. The molecule has 0 spiro atoms. The van der Waals surface area contributed by atoms with E-state index in [1.807, 2.05) is 48.5 Å². The molecule has 1 saturated heterocycles. The van der Waals surface area contributed by atoms with E-state index in [0.29, 0.717) is 47.3 Å². The lowest BCUT2D eigenvalue weighted by molar-refractivity contribution is -0.151. The highest BCUT2D eigenvalue weighted by molar-refractivity contribution is 9.10. The van der Waals surface area contributed by atoms with Crippen LogP contribution in [-0.4, -0.2) is 37.0 Å². The van der Waals surface area contributed by atoms with E-state index >= 15 is 0 Å². The average Bonchev–Trinajstić information content (AvgIpc) is 2.92. The van der Waals surface area contributed by atoms with Crippen LogP contribution in [0.4, 0.5) is 0 Å². The van der Waals surface area contributed by atoms with Crippen molar-refractivity contribution in [3.63, 3.8) is 0 Å². The molecule has 37 heavy (non-hydrogen) atoms. The molecule has 5 nitrogen and oxygen atoms in total. The van der Waals surface area contributed by atoms with E-state index in [-0.39, 0.29) is 18.5 Å². The number of benzene rings is 3. The van der Waals surface area contributed by atoms with E-state index in [4.69, 9.17) is 32.7 Å². The maximum atomic E-state index is 13.0. The van der Waals surface area contributed by atoms with Gasteiger partial charge in [-0.05, 0) is 60.9 Å².